The molecule has 0 radical (unpaired) electrons. The highest BCUT2D eigenvalue weighted by molar-refractivity contribution is 7.28. The Morgan fingerprint density at radius 2 is 2.00 bits per heavy atom. The number of hydrogen-bond acceptors (Lipinski definition) is 5. The molecule has 1 aromatic carbocycles. The molecule has 1 aliphatic heterocycles. The van der Waals surface area contributed by atoms with E-state index in [0.717, 1.165) is 41.8 Å². The maximum absolute atomic E-state index is 13.0. The Kier molecular flexibility index (Phi) is 6.07. The van der Waals surface area contributed by atoms with E-state index < -0.39 is 0 Å². The van der Waals surface area contributed by atoms with Gasteiger partial charge in [0.25, 0.3) is 5.91 Å². The van der Waals surface area contributed by atoms with Crippen LogP contribution in [0.15, 0.2) is 60.9 Å². The lowest BCUT2D eigenvalue weighted by atomic mass is 9.96. The van der Waals surface area contributed by atoms with E-state index in [2.05, 4.69) is 36.3 Å². The van der Waals surface area contributed by atoms with Crippen LogP contribution < -0.4 is 21.3 Å². The number of nitrogens with one attached hydrogen (secondary N) is 1. The molecule has 0 saturated carbocycles. The van der Waals surface area contributed by atoms with Gasteiger partial charge in [0.2, 0.25) is 0 Å². The van der Waals surface area contributed by atoms with Gasteiger partial charge in [-0.05, 0) is 35.8 Å². The highest BCUT2D eigenvalue weighted by Crippen LogP contribution is 2.29. The van der Waals surface area contributed by atoms with E-state index >= 15 is 0 Å². The maximum atomic E-state index is 13.0. The Balaban J connectivity index is 1.58. The molecule has 3 N–H and O–H groups in total. The lowest BCUT2D eigenvalue weighted by Crippen LogP contribution is -2.46. The first-order valence-electron chi connectivity index (χ1n) is 10.1. The summed E-state index contributed by atoms with van der Waals surface area (Å²) in [6.07, 6.45) is 4.43. The highest BCUT2D eigenvalue weighted by Gasteiger charge is 2.24. The van der Waals surface area contributed by atoms with E-state index in [0.29, 0.717) is 17.3 Å². The quantitative estimate of drug-likeness (QED) is 0.635. The fraction of sp³-hybridized carbons (Fsp3) is 0.261. The van der Waals surface area contributed by atoms with Gasteiger partial charge in [0.15, 0.2) is 0 Å². The third-order valence-corrected chi connectivity index (χ3v) is 5.80. The summed E-state index contributed by atoms with van der Waals surface area (Å²) in [5, 5.41) is 4.03. The summed E-state index contributed by atoms with van der Waals surface area (Å²) in [5.41, 5.74) is 9.93. The molecule has 3 aromatic rings. The number of pyridine rings is 2. The normalized spacial score (nSPS) is 18.8. The van der Waals surface area contributed by atoms with Gasteiger partial charge in [0, 0.05) is 30.9 Å². The number of piperidine rings is 1. The number of nitrogens with two attached hydrogens (primary N) is 1. The van der Waals surface area contributed by atoms with Crippen LogP contribution in [-0.2, 0) is 0 Å². The number of aromatic nitrogens is 2. The minimum atomic E-state index is -0.262. The minimum absolute atomic E-state index is 0.121. The maximum Gasteiger partial charge on any atom is 0.274 e. The SMILES string of the molecule is CC1CC(N)CN(c2ccncc2NC(=O)c2cccc(-c3ccccc3P)n2)C1. The van der Waals surface area contributed by atoms with Crippen LogP contribution >= 0.6 is 9.24 Å². The van der Waals surface area contributed by atoms with Crippen molar-refractivity contribution < 1.29 is 4.79 Å². The molecule has 1 amide bonds. The molecular formula is C23H26N5OP. The lowest BCUT2D eigenvalue weighted by molar-refractivity contribution is 0.102. The van der Waals surface area contributed by atoms with Crippen molar-refractivity contribution in [2.24, 2.45) is 11.7 Å². The molecule has 3 atom stereocenters. The number of hydrogen-bond donors (Lipinski definition) is 2. The van der Waals surface area contributed by atoms with Crippen molar-refractivity contribution in [2.75, 3.05) is 23.3 Å². The van der Waals surface area contributed by atoms with E-state index in [4.69, 9.17) is 5.73 Å². The van der Waals surface area contributed by atoms with Gasteiger partial charge >= 0.3 is 0 Å². The van der Waals surface area contributed by atoms with Gasteiger partial charge in [0.05, 0.1) is 23.3 Å². The Labute approximate surface area is 179 Å². The number of rotatable bonds is 4. The molecule has 0 spiro atoms. The first kappa shape index (κ1) is 20.5. The zero-order chi connectivity index (χ0) is 21.1. The van der Waals surface area contributed by atoms with Crippen LogP contribution in [0, 0.1) is 5.92 Å². The summed E-state index contributed by atoms with van der Waals surface area (Å²) in [6.45, 7) is 3.86. The van der Waals surface area contributed by atoms with Crippen molar-refractivity contribution in [1.82, 2.24) is 9.97 Å². The smallest absolute Gasteiger partial charge is 0.274 e. The number of benzene rings is 1. The third-order valence-electron chi connectivity index (χ3n) is 5.30. The van der Waals surface area contributed by atoms with Gasteiger partial charge in [0.1, 0.15) is 5.69 Å². The summed E-state index contributed by atoms with van der Waals surface area (Å²) < 4.78 is 0. The first-order chi connectivity index (χ1) is 14.5. The van der Waals surface area contributed by atoms with Crippen LogP contribution in [0.2, 0.25) is 0 Å². The van der Waals surface area contributed by atoms with Gasteiger partial charge in [-0.2, -0.15) is 0 Å². The topological polar surface area (TPSA) is 84.1 Å². The van der Waals surface area contributed by atoms with Crippen LogP contribution in [0.1, 0.15) is 23.8 Å². The van der Waals surface area contributed by atoms with Gasteiger partial charge in [-0.3, -0.25) is 9.78 Å². The summed E-state index contributed by atoms with van der Waals surface area (Å²) in [6, 6.07) is 15.5. The van der Waals surface area contributed by atoms with Crippen LogP contribution in [0.4, 0.5) is 11.4 Å². The Morgan fingerprint density at radius 3 is 2.80 bits per heavy atom. The van der Waals surface area contributed by atoms with Gasteiger partial charge in [-0.1, -0.05) is 37.3 Å². The van der Waals surface area contributed by atoms with E-state index in [9.17, 15) is 4.79 Å². The van der Waals surface area contributed by atoms with Crippen LogP contribution in [-0.4, -0.2) is 35.0 Å². The van der Waals surface area contributed by atoms with E-state index in [1.54, 1.807) is 18.5 Å². The van der Waals surface area contributed by atoms with Crippen LogP contribution in [0.5, 0.6) is 0 Å². The minimum Gasteiger partial charge on any atom is -0.368 e. The predicted molar refractivity (Wildman–Crippen MR) is 125 cm³/mol. The Bertz CT molecular complexity index is 1050. The molecule has 1 saturated heterocycles. The molecule has 6 nitrogen and oxygen atoms in total. The summed E-state index contributed by atoms with van der Waals surface area (Å²) in [7, 11) is 2.71. The number of nitrogens with zero attached hydrogens (tertiary/aromatic N) is 3. The molecule has 7 heteroatoms. The second-order valence-corrected chi connectivity index (χ2v) is 8.47. The van der Waals surface area contributed by atoms with Crippen molar-refractivity contribution in [3.05, 3.63) is 66.6 Å². The molecule has 1 fully saturated rings. The molecule has 2 aromatic heterocycles. The molecule has 0 aliphatic carbocycles. The summed E-state index contributed by atoms with van der Waals surface area (Å²) >= 11 is 0. The van der Waals surface area contributed by atoms with Gasteiger partial charge in [-0.15, -0.1) is 9.24 Å². The van der Waals surface area contributed by atoms with E-state index in [1.807, 2.05) is 42.5 Å². The summed E-state index contributed by atoms with van der Waals surface area (Å²) in [5.74, 6) is 0.234. The van der Waals surface area contributed by atoms with E-state index in [1.165, 1.54) is 0 Å². The third kappa shape index (κ3) is 4.50. The van der Waals surface area contributed by atoms with Crippen molar-refractivity contribution in [3.8, 4) is 11.3 Å². The first-order valence-corrected chi connectivity index (χ1v) is 10.7. The van der Waals surface area contributed by atoms with Crippen molar-refractivity contribution in [2.45, 2.75) is 19.4 Å². The van der Waals surface area contributed by atoms with Crippen molar-refractivity contribution >= 4 is 31.8 Å². The number of carbonyl (C=O) groups is 1. The van der Waals surface area contributed by atoms with E-state index in [-0.39, 0.29) is 11.9 Å². The van der Waals surface area contributed by atoms with Crippen molar-refractivity contribution in [3.63, 3.8) is 0 Å². The molecule has 4 rings (SSSR count). The number of carbonyl (C=O) groups excluding carboxylic acids is 1. The Morgan fingerprint density at radius 1 is 1.17 bits per heavy atom. The number of amides is 1. The molecular weight excluding hydrogens is 393 g/mol. The van der Waals surface area contributed by atoms with Crippen LogP contribution in [0.3, 0.4) is 0 Å². The number of anilines is 2. The second kappa shape index (κ2) is 8.90. The fourth-order valence-electron chi connectivity index (χ4n) is 3.98. The molecule has 0 bridgehead atoms. The van der Waals surface area contributed by atoms with Crippen molar-refractivity contribution in [1.29, 1.82) is 0 Å². The predicted octanol–water partition coefficient (Wildman–Crippen LogP) is 3.07. The lowest BCUT2D eigenvalue weighted by Gasteiger charge is -2.37. The molecule has 154 valence electrons. The fourth-order valence-corrected chi connectivity index (χ4v) is 4.34. The summed E-state index contributed by atoms with van der Waals surface area (Å²) in [4.78, 5) is 24.0. The Hall–Kier alpha value is -2.82. The zero-order valence-electron chi connectivity index (χ0n) is 17.0. The molecule has 3 unspecified atom stereocenters. The highest BCUT2D eigenvalue weighted by atomic mass is 31.0. The molecule has 30 heavy (non-hydrogen) atoms. The largest absolute Gasteiger partial charge is 0.368 e. The standard InChI is InChI=1S/C23H26N5OP/c1-15-11-16(24)14-28(13-15)21-9-10-25-12-20(21)27-23(29)19-7-4-6-18(26-19)17-5-2-3-8-22(17)30/h2-10,12,15-16H,11,13-14,24,30H2,1H3,(H,27,29). The molecule has 1 aliphatic rings. The van der Waals surface area contributed by atoms with Gasteiger partial charge < -0.3 is 16.0 Å². The molecule has 3 heterocycles. The van der Waals surface area contributed by atoms with Gasteiger partial charge in [-0.25, -0.2) is 4.98 Å². The van der Waals surface area contributed by atoms with Crippen LogP contribution in [0.25, 0.3) is 11.3 Å². The average Bonchev–Trinajstić information content (AvgIpc) is 2.74. The zero-order valence-corrected chi connectivity index (χ0v) is 18.1. The second-order valence-electron chi connectivity index (χ2n) is 7.85. The average molecular weight is 419 g/mol. The monoisotopic (exact) mass is 419 g/mol.